The maximum Gasteiger partial charge on any atom is 0.338 e. The molecule has 0 aromatic heterocycles. The Hall–Kier alpha value is -1.81. The van der Waals surface area contributed by atoms with Crippen molar-refractivity contribution < 1.29 is 14.3 Å². The van der Waals surface area contributed by atoms with Crippen molar-refractivity contribution in [2.24, 2.45) is 0 Å². The number of carboxylic acids is 1. The van der Waals surface area contributed by atoms with Crippen LogP contribution in [0.2, 0.25) is 0 Å². The number of aromatic carboxylic acids is 1. The summed E-state index contributed by atoms with van der Waals surface area (Å²) in [5, 5.41) is 8.91. The first-order valence-corrected chi connectivity index (χ1v) is 7.17. The van der Waals surface area contributed by atoms with Gasteiger partial charge >= 0.3 is 5.97 Å². The summed E-state index contributed by atoms with van der Waals surface area (Å²) in [4.78, 5) is 11.7. The van der Waals surface area contributed by atoms with Gasteiger partial charge in [-0.3, -0.25) is 0 Å². The molecule has 0 unspecified atom stereocenters. The quantitative estimate of drug-likeness (QED) is 0.846. The Morgan fingerprint density at radius 1 is 1.20 bits per heavy atom. The first-order valence-electron chi connectivity index (χ1n) is 6.19. The molecule has 1 N–H and O–H groups in total. The normalized spacial score (nSPS) is 10.6. The van der Waals surface area contributed by atoms with Gasteiger partial charge in [-0.1, -0.05) is 23.8 Å². The molecule has 0 amide bonds. The number of thioether (sulfide) groups is 1. The highest BCUT2D eigenvalue weighted by Crippen LogP contribution is 2.26. The van der Waals surface area contributed by atoms with Gasteiger partial charge in [0.05, 0.1) is 5.56 Å². The molecule has 2 aromatic rings. The van der Waals surface area contributed by atoms with Crippen LogP contribution in [0.25, 0.3) is 0 Å². The van der Waals surface area contributed by atoms with Gasteiger partial charge in [0.25, 0.3) is 0 Å². The number of carboxylic acid groups (broad SMARTS) is 1. The minimum absolute atomic E-state index is 0.282. The molecular formula is C16H15FO2S. The lowest BCUT2D eigenvalue weighted by molar-refractivity contribution is 0.0691. The van der Waals surface area contributed by atoms with Gasteiger partial charge in [0.1, 0.15) is 5.82 Å². The van der Waals surface area contributed by atoms with E-state index in [1.54, 1.807) is 6.07 Å². The zero-order valence-electron chi connectivity index (χ0n) is 11.3. The number of halogens is 1. The van der Waals surface area contributed by atoms with E-state index in [0.29, 0.717) is 0 Å². The summed E-state index contributed by atoms with van der Waals surface area (Å²) in [6.45, 7) is 4.08. The fraction of sp³-hybridized carbons (Fsp3) is 0.188. The van der Waals surface area contributed by atoms with Crippen LogP contribution in [0.4, 0.5) is 4.39 Å². The Bertz CT molecular complexity index is 653. The van der Waals surface area contributed by atoms with E-state index in [2.05, 4.69) is 18.2 Å². The molecule has 20 heavy (non-hydrogen) atoms. The Balaban J connectivity index is 2.17. The standard InChI is InChI=1S/C16H15FO2S/c1-10-3-4-11(2)12(7-10)9-20-13-5-6-15(17)14(8-13)16(18)19/h3-8H,9H2,1-2H3,(H,18,19). The second kappa shape index (κ2) is 6.09. The van der Waals surface area contributed by atoms with Crippen LogP contribution in [0.5, 0.6) is 0 Å². The fourth-order valence-corrected chi connectivity index (χ4v) is 2.87. The maximum atomic E-state index is 13.3. The van der Waals surface area contributed by atoms with Crippen molar-refractivity contribution in [3.63, 3.8) is 0 Å². The molecule has 0 saturated heterocycles. The molecule has 0 aliphatic carbocycles. The van der Waals surface area contributed by atoms with Crippen molar-refractivity contribution in [2.75, 3.05) is 0 Å². The lowest BCUT2D eigenvalue weighted by atomic mass is 10.1. The average molecular weight is 290 g/mol. The van der Waals surface area contributed by atoms with Crippen molar-refractivity contribution in [3.05, 3.63) is 64.5 Å². The van der Waals surface area contributed by atoms with Gasteiger partial charge in [0, 0.05) is 10.6 Å². The van der Waals surface area contributed by atoms with E-state index in [4.69, 9.17) is 5.11 Å². The smallest absolute Gasteiger partial charge is 0.338 e. The van der Waals surface area contributed by atoms with E-state index in [1.807, 2.05) is 13.8 Å². The van der Waals surface area contributed by atoms with Crippen molar-refractivity contribution in [1.82, 2.24) is 0 Å². The summed E-state index contributed by atoms with van der Waals surface area (Å²) in [7, 11) is 0. The first-order chi connectivity index (χ1) is 9.47. The zero-order chi connectivity index (χ0) is 14.7. The molecule has 4 heteroatoms. The third-order valence-electron chi connectivity index (χ3n) is 3.07. The number of rotatable bonds is 4. The van der Waals surface area contributed by atoms with E-state index >= 15 is 0 Å². The third-order valence-corrected chi connectivity index (χ3v) is 4.11. The summed E-state index contributed by atoms with van der Waals surface area (Å²) < 4.78 is 13.3. The van der Waals surface area contributed by atoms with Crippen molar-refractivity contribution in [3.8, 4) is 0 Å². The number of hydrogen-bond acceptors (Lipinski definition) is 2. The van der Waals surface area contributed by atoms with Crippen LogP contribution in [0, 0.1) is 19.7 Å². The molecular weight excluding hydrogens is 275 g/mol. The van der Waals surface area contributed by atoms with Crippen LogP contribution in [-0.2, 0) is 5.75 Å². The SMILES string of the molecule is Cc1ccc(C)c(CSc2ccc(F)c(C(=O)O)c2)c1. The molecule has 0 heterocycles. The molecule has 0 saturated carbocycles. The molecule has 0 aliphatic rings. The first kappa shape index (κ1) is 14.6. The molecule has 0 aliphatic heterocycles. The van der Waals surface area contributed by atoms with Gasteiger partial charge in [-0.25, -0.2) is 9.18 Å². The zero-order valence-corrected chi connectivity index (χ0v) is 12.1. The van der Waals surface area contributed by atoms with Crippen LogP contribution in [-0.4, -0.2) is 11.1 Å². The molecule has 0 fully saturated rings. The van der Waals surface area contributed by atoms with Crippen molar-refractivity contribution in [1.29, 1.82) is 0 Å². The topological polar surface area (TPSA) is 37.3 Å². The molecule has 104 valence electrons. The lowest BCUT2D eigenvalue weighted by Crippen LogP contribution is -2.00. The number of carbonyl (C=O) groups is 1. The Morgan fingerprint density at radius 3 is 2.65 bits per heavy atom. The molecule has 0 bridgehead atoms. The number of aryl methyl sites for hydroxylation is 2. The molecule has 2 aromatic carbocycles. The molecule has 2 rings (SSSR count). The van der Waals surface area contributed by atoms with Crippen LogP contribution >= 0.6 is 11.8 Å². The van der Waals surface area contributed by atoms with E-state index in [0.717, 1.165) is 10.6 Å². The monoisotopic (exact) mass is 290 g/mol. The predicted molar refractivity (Wildman–Crippen MR) is 78.8 cm³/mol. The summed E-state index contributed by atoms with van der Waals surface area (Å²) in [5.74, 6) is -1.21. The highest BCUT2D eigenvalue weighted by molar-refractivity contribution is 7.98. The second-order valence-corrected chi connectivity index (χ2v) is 5.71. The van der Waals surface area contributed by atoms with Gasteiger partial charge < -0.3 is 5.11 Å². The minimum Gasteiger partial charge on any atom is -0.478 e. The van der Waals surface area contributed by atoms with Gasteiger partial charge in [0.15, 0.2) is 0 Å². The Morgan fingerprint density at radius 2 is 1.95 bits per heavy atom. The van der Waals surface area contributed by atoms with Gasteiger partial charge in [-0.2, -0.15) is 0 Å². The van der Waals surface area contributed by atoms with E-state index < -0.39 is 11.8 Å². The maximum absolute atomic E-state index is 13.3. The van der Waals surface area contributed by atoms with Crippen LogP contribution in [0.1, 0.15) is 27.0 Å². The molecule has 0 atom stereocenters. The van der Waals surface area contributed by atoms with E-state index in [9.17, 15) is 9.18 Å². The lowest BCUT2D eigenvalue weighted by Gasteiger charge is -2.08. The van der Waals surface area contributed by atoms with Crippen LogP contribution in [0.3, 0.4) is 0 Å². The summed E-state index contributed by atoms with van der Waals surface area (Å²) >= 11 is 1.51. The van der Waals surface area contributed by atoms with Gasteiger partial charge in [0.2, 0.25) is 0 Å². The summed E-state index contributed by atoms with van der Waals surface area (Å²) in [6.07, 6.45) is 0. The summed E-state index contributed by atoms with van der Waals surface area (Å²) in [6, 6.07) is 10.4. The highest BCUT2D eigenvalue weighted by Gasteiger charge is 2.11. The van der Waals surface area contributed by atoms with Crippen molar-refractivity contribution >= 4 is 17.7 Å². The largest absolute Gasteiger partial charge is 0.478 e. The third kappa shape index (κ3) is 3.39. The minimum atomic E-state index is -1.24. The molecule has 0 spiro atoms. The highest BCUT2D eigenvalue weighted by atomic mass is 32.2. The molecule has 2 nitrogen and oxygen atoms in total. The van der Waals surface area contributed by atoms with E-state index in [1.165, 1.54) is 40.6 Å². The second-order valence-electron chi connectivity index (χ2n) is 4.67. The molecule has 0 radical (unpaired) electrons. The van der Waals surface area contributed by atoms with Gasteiger partial charge in [-0.05, 0) is 43.2 Å². The number of benzene rings is 2. The van der Waals surface area contributed by atoms with E-state index in [-0.39, 0.29) is 5.56 Å². The fourth-order valence-electron chi connectivity index (χ4n) is 1.87. The van der Waals surface area contributed by atoms with Crippen LogP contribution in [0.15, 0.2) is 41.3 Å². The van der Waals surface area contributed by atoms with Gasteiger partial charge in [-0.15, -0.1) is 11.8 Å². The summed E-state index contributed by atoms with van der Waals surface area (Å²) in [5.41, 5.74) is 3.31. The number of hydrogen-bond donors (Lipinski definition) is 1. The predicted octanol–water partition coefficient (Wildman–Crippen LogP) is 4.43. The van der Waals surface area contributed by atoms with Crippen LogP contribution < -0.4 is 0 Å². The Labute approximate surface area is 121 Å². The average Bonchev–Trinajstić information content (AvgIpc) is 2.41. The Kier molecular flexibility index (Phi) is 4.45. The van der Waals surface area contributed by atoms with Crippen molar-refractivity contribution in [2.45, 2.75) is 24.5 Å².